The van der Waals surface area contributed by atoms with Crippen LogP contribution in [-0.4, -0.2) is 27.5 Å². The lowest BCUT2D eigenvalue weighted by molar-refractivity contribution is -0.137. The second-order valence-corrected chi connectivity index (χ2v) is 8.71. The van der Waals surface area contributed by atoms with Gasteiger partial charge in [-0.05, 0) is 55.5 Å². The predicted molar refractivity (Wildman–Crippen MR) is 119 cm³/mol. The summed E-state index contributed by atoms with van der Waals surface area (Å²) in [5, 5.41) is 2.18. The van der Waals surface area contributed by atoms with Gasteiger partial charge in [-0.1, -0.05) is 30.3 Å². The number of para-hydroxylation sites is 2. The molecule has 0 unspecified atom stereocenters. The zero-order valence-corrected chi connectivity index (χ0v) is 18.4. The van der Waals surface area contributed by atoms with Crippen molar-refractivity contribution < 1.29 is 31.1 Å². The minimum Gasteiger partial charge on any atom is -0.494 e. The van der Waals surface area contributed by atoms with Crippen molar-refractivity contribution in [1.29, 1.82) is 0 Å². The summed E-state index contributed by atoms with van der Waals surface area (Å²) in [5.41, 5.74) is -1.30. The lowest BCUT2D eigenvalue weighted by atomic mass is 10.1. The van der Waals surface area contributed by atoms with Crippen LogP contribution in [0.5, 0.6) is 5.75 Å². The molecule has 33 heavy (non-hydrogen) atoms. The molecule has 3 aromatic rings. The maximum absolute atomic E-state index is 13.3. The molecule has 3 aromatic carbocycles. The van der Waals surface area contributed by atoms with E-state index < -0.39 is 39.9 Å². The molecule has 0 bridgehead atoms. The quantitative estimate of drug-likeness (QED) is 0.498. The Labute approximate surface area is 189 Å². The molecule has 174 valence electrons. The monoisotopic (exact) mass is 478 g/mol. The summed E-state index contributed by atoms with van der Waals surface area (Å²) in [6, 6.07) is 18.0. The third-order valence-corrected chi connectivity index (χ3v) is 6.35. The van der Waals surface area contributed by atoms with Crippen LogP contribution in [0, 0.1) is 0 Å². The maximum Gasteiger partial charge on any atom is 0.418 e. The van der Waals surface area contributed by atoms with Crippen molar-refractivity contribution in [2.45, 2.75) is 18.0 Å². The van der Waals surface area contributed by atoms with E-state index in [1.165, 1.54) is 48.5 Å². The zero-order valence-electron chi connectivity index (χ0n) is 17.5. The summed E-state index contributed by atoms with van der Waals surface area (Å²) in [4.78, 5) is 12.6. The zero-order chi connectivity index (χ0) is 24.1. The molecule has 0 aliphatic carbocycles. The molecule has 0 spiro atoms. The smallest absolute Gasteiger partial charge is 0.418 e. The number of anilines is 2. The molecule has 1 N–H and O–H groups in total. The summed E-state index contributed by atoms with van der Waals surface area (Å²) in [7, 11) is -4.22. The number of carbonyl (C=O) groups is 1. The van der Waals surface area contributed by atoms with E-state index in [2.05, 4.69) is 5.32 Å². The van der Waals surface area contributed by atoms with Gasteiger partial charge in [-0.15, -0.1) is 0 Å². The van der Waals surface area contributed by atoms with Crippen LogP contribution in [0.3, 0.4) is 0 Å². The lowest BCUT2D eigenvalue weighted by Crippen LogP contribution is -2.38. The number of alkyl halides is 3. The highest BCUT2D eigenvalue weighted by Gasteiger charge is 2.34. The molecular formula is C23H21F3N2O4S. The summed E-state index contributed by atoms with van der Waals surface area (Å²) in [6.07, 6.45) is -4.68. The molecule has 0 aliphatic heterocycles. The van der Waals surface area contributed by atoms with Gasteiger partial charge < -0.3 is 10.1 Å². The Balaban J connectivity index is 1.92. The summed E-state index contributed by atoms with van der Waals surface area (Å²) >= 11 is 0. The number of hydrogen-bond donors (Lipinski definition) is 1. The molecule has 0 aromatic heterocycles. The van der Waals surface area contributed by atoms with Crippen LogP contribution >= 0.6 is 0 Å². The number of hydrogen-bond acceptors (Lipinski definition) is 4. The number of rotatable bonds is 8. The number of carbonyl (C=O) groups excluding carboxylic acids is 1. The minimum absolute atomic E-state index is 0.0988. The van der Waals surface area contributed by atoms with E-state index in [0.29, 0.717) is 12.4 Å². The first-order valence-corrected chi connectivity index (χ1v) is 11.3. The lowest BCUT2D eigenvalue weighted by Gasteiger charge is -2.24. The molecule has 0 fully saturated rings. The van der Waals surface area contributed by atoms with Crippen molar-refractivity contribution in [3.63, 3.8) is 0 Å². The Hall–Kier alpha value is -3.53. The molecule has 3 rings (SSSR count). The average Bonchev–Trinajstić information content (AvgIpc) is 2.78. The highest BCUT2D eigenvalue weighted by molar-refractivity contribution is 7.92. The SMILES string of the molecule is CCOc1ccc(S(=O)(=O)N(CC(=O)Nc2ccccc2C(F)(F)F)c2ccccc2)cc1. The first kappa shape index (κ1) is 24.1. The number of halogens is 3. The van der Waals surface area contributed by atoms with Gasteiger partial charge in [0.05, 0.1) is 28.4 Å². The van der Waals surface area contributed by atoms with Gasteiger partial charge in [-0.2, -0.15) is 13.2 Å². The molecule has 0 atom stereocenters. The van der Waals surface area contributed by atoms with Gasteiger partial charge in [0.1, 0.15) is 12.3 Å². The van der Waals surface area contributed by atoms with Gasteiger partial charge >= 0.3 is 6.18 Å². The Bertz CT molecular complexity index is 1200. The van der Waals surface area contributed by atoms with Crippen LogP contribution in [-0.2, 0) is 21.0 Å². The number of amides is 1. The third-order valence-electron chi connectivity index (χ3n) is 4.56. The molecule has 1 amide bonds. The number of benzene rings is 3. The Morgan fingerprint density at radius 2 is 1.55 bits per heavy atom. The van der Waals surface area contributed by atoms with Gasteiger partial charge in [0.2, 0.25) is 5.91 Å². The average molecular weight is 478 g/mol. The highest BCUT2D eigenvalue weighted by atomic mass is 32.2. The van der Waals surface area contributed by atoms with Crippen LogP contribution in [0.1, 0.15) is 12.5 Å². The van der Waals surface area contributed by atoms with E-state index in [1.807, 2.05) is 0 Å². The standard InChI is InChI=1S/C23H21F3N2O4S/c1-2-32-18-12-14-19(15-13-18)33(30,31)28(17-8-4-3-5-9-17)16-22(29)27-21-11-7-6-10-20(21)23(24,25)26/h3-15H,2,16H2,1H3,(H,27,29). The van der Waals surface area contributed by atoms with E-state index in [-0.39, 0.29) is 10.6 Å². The fourth-order valence-electron chi connectivity index (χ4n) is 3.07. The fraction of sp³-hybridized carbons (Fsp3) is 0.174. The summed E-state index contributed by atoms with van der Waals surface area (Å²) in [6.45, 7) is 1.46. The third kappa shape index (κ3) is 5.83. The molecule has 0 saturated heterocycles. The van der Waals surface area contributed by atoms with E-state index in [9.17, 15) is 26.4 Å². The Kier molecular flexibility index (Phi) is 7.27. The molecule has 0 saturated carbocycles. The van der Waals surface area contributed by atoms with Gasteiger partial charge in [0, 0.05) is 0 Å². The number of nitrogens with zero attached hydrogens (tertiary/aromatic N) is 1. The Morgan fingerprint density at radius 3 is 2.15 bits per heavy atom. The normalized spacial score (nSPS) is 11.6. The fourth-order valence-corrected chi connectivity index (χ4v) is 4.49. The van der Waals surface area contributed by atoms with Crippen LogP contribution in [0.25, 0.3) is 0 Å². The van der Waals surface area contributed by atoms with Crippen LogP contribution in [0.2, 0.25) is 0 Å². The van der Waals surface area contributed by atoms with Crippen molar-refractivity contribution in [3.8, 4) is 5.75 Å². The van der Waals surface area contributed by atoms with Crippen LogP contribution < -0.4 is 14.4 Å². The molecule has 0 radical (unpaired) electrons. The number of ether oxygens (including phenoxy) is 1. The first-order chi connectivity index (χ1) is 15.6. The second kappa shape index (κ2) is 9.95. The minimum atomic E-state index is -4.68. The second-order valence-electron chi connectivity index (χ2n) is 6.84. The highest BCUT2D eigenvalue weighted by Crippen LogP contribution is 2.34. The van der Waals surface area contributed by atoms with Gasteiger partial charge in [0.25, 0.3) is 10.0 Å². The van der Waals surface area contributed by atoms with Crippen molar-refractivity contribution in [2.75, 3.05) is 22.8 Å². The number of sulfonamides is 1. The largest absolute Gasteiger partial charge is 0.494 e. The molecule has 10 heteroatoms. The first-order valence-electron chi connectivity index (χ1n) is 9.89. The van der Waals surface area contributed by atoms with Crippen molar-refractivity contribution in [1.82, 2.24) is 0 Å². The van der Waals surface area contributed by atoms with E-state index in [4.69, 9.17) is 4.74 Å². The molecule has 0 aliphatic rings. The van der Waals surface area contributed by atoms with E-state index >= 15 is 0 Å². The van der Waals surface area contributed by atoms with Crippen molar-refractivity contribution in [3.05, 3.63) is 84.4 Å². The predicted octanol–water partition coefficient (Wildman–Crippen LogP) is 4.94. The van der Waals surface area contributed by atoms with Crippen LogP contribution in [0.4, 0.5) is 24.5 Å². The summed E-state index contributed by atoms with van der Waals surface area (Å²) < 4.78 is 72.6. The van der Waals surface area contributed by atoms with Gasteiger partial charge in [-0.25, -0.2) is 8.42 Å². The molecule has 0 heterocycles. The Morgan fingerprint density at radius 1 is 0.939 bits per heavy atom. The van der Waals surface area contributed by atoms with E-state index in [1.54, 1.807) is 25.1 Å². The number of nitrogens with one attached hydrogen (secondary N) is 1. The maximum atomic E-state index is 13.3. The molecule has 6 nitrogen and oxygen atoms in total. The van der Waals surface area contributed by atoms with E-state index in [0.717, 1.165) is 16.4 Å². The molecular weight excluding hydrogens is 457 g/mol. The van der Waals surface area contributed by atoms with Crippen molar-refractivity contribution >= 4 is 27.3 Å². The van der Waals surface area contributed by atoms with Gasteiger partial charge in [-0.3, -0.25) is 9.10 Å². The topological polar surface area (TPSA) is 75.7 Å². The van der Waals surface area contributed by atoms with Crippen molar-refractivity contribution in [2.24, 2.45) is 0 Å². The van der Waals surface area contributed by atoms with Gasteiger partial charge in [0.15, 0.2) is 0 Å². The summed E-state index contributed by atoms with van der Waals surface area (Å²) in [5.74, 6) is -0.450. The van der Waals surface area contributed by atoms with Crippen LogP contribution in [0.15, 0.2) is 83.8 Å².